The fourth-order valence-electron chi connectivity index (χ4n) is 2.17. The zero-order chi connectivity index (χ0) is 15.0. The summed E-state index contributed by atoms with van der Waals surface area (Å²) in [5.41, 5.74) is 6.30. The molecule has 1 aliphatic carbocycles. The molecule has 6 heteroatoms. The third-order valence-electron chi connectivity index (χ3n) is 3.58. The Morgan fingerprint density at radius 1 is 1.00 bits per heavy atom. The maximum absolute atomic E-state index is 12.1. The molecule has 1 aromatic heterocycles. The highest BCUT2D eigenvalue weighted by Crippen LogP contribution is 2.23. The van der Waals surface area contributed by atoms with Crippen molar-refractivity contribution in [3.05, 3.63) is 47.8 Å². The van der Waals surface area contributed by atoms with Gasteiger partial charge in [-0.25, -0.2) is 13.1 Å². The molecule has 2 aromatic rings. The number of hydrogen-bond acceptors (Lipinski definition) is 3. The van der Waals surface area contributed by atoms with Crippen LogP contribution in [-0.4, -0.2) is 19.1 Å². The second-order valence-corrected chi connectivity index (χ2v) is 7.20. The molecule has 0 bridgehead atoms. The van der Waals surface area contributed by atoms with Crippen LogP contribution >= 0.6 is 0 Å². The second kappa shape index (κ2) is 5.20. The number of aryl methyl sites for hydroxylation is 2. The van der Waals surface area contributed by atoms with E-state index in [0.29, 0.717) is 4.90 Å². The Morgan fingerprint density at radius 2 is 1.57 bits per heavy atom. The number of nitrogens with one attached hydrogen (secondary N) is 2. The van der Waals surface area contributed by atoms with Gasteiger partial charge in [0.1, 0.15) is 0 Å². The molecule has 1 saturated carbocycles. The van der Waals surface area contributed by atoms with Crippen LogP contribution in [0.3, 0.4) is 0 Å². The quantitative estimate of drug-likeness (QED) is 0.891. The molecule has 0 aliphatic heterocycles. The first kappa shape index (κ1) is 14.2. The summed E-state index contributed by atoms with van der Waals surface area (Å²) in [6.45, 7) is 4.02. The van der Waals surface area contributed by atoms with Crippen LogP contribution in [0.4, 0.5) is 5.69 Å². The molecule has 1 aliphatic rings. The van der Waals surface area contributed by atoms with Gasteiger partial charge < -0.3 is 0 Å². The van der Waals surface area contributed by atoms with E-state index in [1.807, 2.05) is 30.7 Å². The van der Waals surface area contributed by atoms with Crippen molar-refractivity contribution < 1.29 is 8.42 Å². The van der Waals surface area contributed by atoms with Crippen molar-refractivity contribution in [1.82, 2.24) is 9.40 Å². The van der Waals surface area contributed by atoms with Crippen LogP contribution in [-0.2, 0) is 10.0 Å². The van der Waals surface area contributed by atoms with Crippen molar-refractivity contribution >= 4 is 15.7 Å². The SMILES string of the molecule is Cc1ccc(C)n1Nc1ccc(S(=O)(=O)NC2CC2)cc1. The standard InChI is InChI=1S/C15H19N3O2S/c1-11-3-4-12(2)18(11)16-13-7-9-15(10-8-13)21(19,20)17-14-5-6-14/h3-4,7-10,14,16-17H,5-6H2,1-2H3. The summed E-state index contributed by atoms with van der Waals surface area (Å²) in [4.78, 5) is 0.306. The van der Waals surface area contributed by atoms with Gasteiger partial charge in [-0.1, -0.05) is 0 Å². The minimum Gasteiger partial charge on any atom is -0.294 e. The van der Waals surface area contributed by atoms with E-state index in [9.17, 15) is 8.42 Å². The van der Waals surface area contributed by atoms with Gasteiger partial charge in [-0.3, -0.25) is 10.1 Å². The van der Waals surface area contributed by atoms with Crippen LogP contribution in [0.5, 0.6) is 0 Å². The van der Waals surface area contributed by atoms with Crippen LogP contribution < -0.4 is 10.1 Å². The summed E-state index contributed by atoms with van der Waals surface area (Å²) in [5, 5.41) is 0. The molecule has 1 heterocycles. The fourth-order valence-corrected chi connectivity index (χ4v) is 3.48. The number of aromatic nitrogens is 1. The lowest BCUT2D eigenvalue weighted by atomic mass is 10.3. The molecule has 0 radical (unpaired) electrons. The number of hydrogen-bond donors (Lipinski definition) is 2. The summed E-state index contributed by atoms with van der Waals surface area (Å²) >= 11 is 0. The Bertz CT molecular complexity index is 724. The van der Waals surface area contributed by atoms with Crippen LogP contribution in [0.25, 0.3) is 0 Å². The summed E-state index contributed by atoms with van der Waals surface area (Å²) < 4.78 is 28.8. The van der Waals surface area contributed by atoms with Crippen LogP contribution in [0, 0.1) is 13.8 Å². The average Bonchev–Trinajstić information content (AvgIpc) is 3.20. The van der Waals surface area contributed by atoms with Crippen molar-refractivity contribution in [1.29, 1.82) is 0 Å². The van der Waals surface area contributed by atoms with Gasteiger partial charge in [0.25, 0.3) is 0 Å². The molecule has 2 N–H and O–H groups in total. The highest BCUT2D eigenvalue weighted by molar-refractivity contribution is 7.89. The largest absolute Gasteiger partial charge is 0.294 e. The summed E-state index contributed by atoms with van der Waals surface area (Å²) in [6, 6.07) is 11.0. The molecular formula is C15H19N3O2S. The normalized spacial score (nSPS) is 15.1. The van der Waals surface area contributed by atoms with Crippen molar-refractivity contribution in [2.24, 2.45) is 0 Å². The maximum atomic E-state index is 12.1. The zero-order valence-electron chi connectivity index (χ0n) is 12.1. The Kier molecular flexibility index (Phi) is 3.51. The molecule has 21 heavy (non-hydrogen) atoms. The maximum Gasteiger partial charge on any atom is 0.240 e. The lowest BCUT2D eigenvalue weighted by molar-refractivity contribution is 0.581. The predicted octanol–water partition coefficient (Wildman–Crippen LogP) is 2.42. The third-order valence-corrected chi connectivity index (χ3v) is 5.11. The van der Waals surface area contributed by atoms with E-state index in [4.69, 9.17) is 0 Å². The first-order valence-electron chi connectivity index (χ1n) is 7.00. The van der Waals surface area contributed by atoms with Crippen molar-refractivity contribution in [2.45, 2.75) is 37.6 Å². The van der Waals surface area contributed by atoms with Gasteiger partial charge in [0, 0.05) is 17.4 Å². The van der Waals surface area contributed by atoms with Gasteiger partial charge in [-0.15, -0.1) is 0 Å². The van der Waals surface area contributed by atoms with Gasteiger partial charge in [0.05, 0.1) is 10.6 Å². The predicted molar refractivity (Wildman–Crippen MR) is 82.7 cm³/mol. The Labute approximate surface area is 125 Å². The van der Waals surface area contributed by atoms with Crippen molar-refractivity contribution in [2.75, 3.05) is 5.43 Å². The second-order valence-electron chi connectivity index (χ2n) is 5.48. The van der Waals surface area contributed by atoms with E-state index in [1.54, 1.807) is 24.3 Å². The minimum absolute atomic E-state index is 0.123. The van der Waals surface area contributed by atoms with E-state index in [0.717, 1.165) is 29.9 Å². The van der Waals surface area contributed by atoms with Crippen LogP contribution in [0.1, 0.15) is 24.2 Å². The van der Waals surface area contributed by atoms with Gasteiger partial charge in [-0.2, -0.15) is 0 Å². The monoisotopic (exact) mass is 305 g/mol. The number of anilines is 1. The number of sulfonamides is 1. The smallest absolute Gasteiger partial charge is 0.240 e. The molecule has 0 unspecified atom stereocenters. The summed E-state index contributed by atoms with van der Waals surface area (Å²) in [6.07, 6.45) is 1.87. The molecule has 1 fully saturated rings. The molecule has 0 atom stereocenters. The third kappa shape index (κ3) is 3.11. The lowest BCUT2D eigenvalue weighted by Crippen LogP contribution is -2.25. The molecule has 1 aromatic carbocycles. The number of rotatable bonds is 5. The number of benzene rings is 1. The molecule has 112 valence electrons. The molecule has 0 spiro atoms. The van der Waals surface area contributed by atoms with Gasteiger partial charge in [0.2, 0.25) is 10.0 Å². The zero-order valence-corrected chi connectivity index (χ0v) is 12.9. The lowest BCUT2D eigenvalue weighted by Gasteiger charge is -2.13. The van der Waals surface area contributed by atoms with Crippen molar-refractivity contribution in [3.8, 4) is 0 Å². The Morgan fingerprint density at radius 3 is 2.10 bits per heavy atom. The van der Waals surface area contributed by atoms with Gasteiger partial charge >= 0.3 is 0 Å². The molecule has 5 nitrogen and oxygen atoms in total. The molecule has 3 rings (SSSR count). The van der Waals surface area contributed by atoms with E-state index in [2.05, 4.69) is 10.1 Å². The topological polar surface area (TPSA) is 63.1 Å². The Balaban J connectivity index is 1.78. The minimum atomic E-state index is -3.38. The van der Waals surface area contributed by atoms with Gasteiger partial charge in [-0.05, 0) is 63.1 Å². The summed E-state index contributed by atoms with van der Waals surface area (Å²) in [7, 11) is -3.38. The van der Waals surface area contributed by atoms with E-state index in [1.165, 1.54) is 0 Å². The molecule has 0 saturated heterocycles. The summed E-state index contributed by atoms with van der Waals surface area (Å²) in [5.74, 6) is 0. The molecular weight excluding hydrogens is 286 g/mol. The van der Waals surface area contributed by atoms with Crippen LogP contribution in [0.15, 0.2) is 41.3 Å². The molecule has 0 amide bonds. The first-order valence-corrected chi connectivity index (χ1v) is 8.48. The highest BCUT2D eigenvalue weighted by atomic mass is 32.2. The fraction of sp³-hybridized carbons (Fsp3) is 0.333. The highest BCUT2D eigenvalue weighted by Gasteiger charge is 2.27. The average molecular weight is 305 g/mol. The number of nitrogens with zero attached hydrogens (tertiary/aromatic N) is 1. The van der Waals surface area contributed by atoms with Gasteiger partial charge in [0.15, 0.2) is 0 Å². The van der Waals surface area contributed by atoms with Crippen molar-refractivity contribution in [3.63, 3.8) is 0 Å². The first-order chi connectivity index (χ1) is 9.95. The van der Waals surface area contributed by atoms with Crippen LogP contribution in [0.2, 0.25) is 0 Å². The van der Waals surface area contributed by atoms with E-state index >= 15 is 0 Å². The van der Waals surface area contributed by atoms with E-state index in [-0.39, 0.29) is 6.04 Å². The Hall–Kier alpha value is -1.79. The van der Waals surface area contributed by atoms with E-state index < -0.39 is 10.0 Å².